The van der Waals surface area contributed by atoms with Crippen molar-refractivity contribution in [3.63, 3.8) is 0 Å². The normalized spacial score (nSPS) is 15.1. The van der Waals surface area contributed by atoms with Crippen molar-refractivity contribution in [1.29, 1.82) is 0 Å². The Labute approximate surface area is 135 Å². The molecule has 0 unspecified atom stereocenters. The van der Waals surface area contributed by atoms with Crippen molar-refractivity contribution in [3.8, 4) is 0 Å². The predicted molar refractivity (Wildman–Crippen MR) is 88.1 cm³/mol. The van der Waals surface area contributed by atoms with Crippen LogP contribution in [0.2, 0.25) is 0 Å². The number of rotatable bonds is 4. The summed E-state index contributed by atoms with van der Waals surface area (Å²) in [4.78, 5) is 27.8. The quantitative estimate of drug-likeness (QED) is 0.689. The van der Waals surface area contributed by atoms with E-state index >= 15 is 0 Å². The van der Waals surface area contributed by atoms with E-state index in [9.17, 15) is 9.59 Å². The molecule has 1 aliphatic rings. The molecule has 1 heterocycles. The summed E-state index contributed by atoms with van der Waals surface area (Å²) in [7, 11) is 0. The number of amides is 2. The molecule has 0 atom stereocenters. The lowest BCUT2D eigenvalue weighted by Gasteiger charge is -2.33. The van der Waals surface area contributed by atoms with Crippen molar-refractivity contribution in [2.45, 2.75) is 13.1 Å². The van der Waals surface area contributed by atoms with E-state index in [0.717, 1.165) is 11.1 Å². The Hall–Kier alpha value is -2.82. The molecule has 0 aromatic heterocycles. The summed E-state index contributed by atoms with van der Waals surface area (Å²) in [6.45, 7) is 2.00. The number of carbonyl (C=O) groups is 2. The van der Waals surface area contributed by atoms with Crippen LogP contribution in [0.1, 0.15) is 11.1 Å². The molecule has 0 saturated carbocycles. The lowest BCUT2D eigenvalue weighted by atomic mass is 10.1. The van der Waals surface area contributed by atoms with E-state index in [1.807, 2.05) is 42.5 Å². The fraction of sp³-hybridized carbons (Fsp3) is 0.222. The third-order valence-electron chi connectivity index (χ3n) is 3.97. The molecule has 2 aromatic rings. The Balaban J connectivity index is 1.64. The van der Waals surface area contributed by atoms with Crippen molar-refractivity contribution in [2.75, 3.05) is 18.8 Å². The summed E-state index contributed by atoms with van der Waals surface area (Å²) in [5, 5.41) is 0. The largest absolute Gasteiger partial charge is 0.399 e. The molecule has 0 aliphatic carbocycles. The average Bonchev–Trinajstić information content (AvgIpc) is 2.57. The number of hydrogen-bond donors (Lipinski definition) is 1. The molecule has 5 nitrogen and oxygen atoms in total. The highest BCUT2D eigenvalue weighted by molar-refractivity contribution is 6.35. The van der Waals surface area contributed by atoms with Crippen LogP contribution in [0, 0.1) is 0 Å². The Morgan fingerprint density at radius 3 is 1.74 bits per heavy atom. The van der Waals surface area contributed by atoms with Gasteiger partial charge in [-0.1, -0.05) is 42.5 Å². The Morgan fingerprint density at radius 2 is 1.22 bits per heavy atom. The Bertz CT molecular complexity index is 698. The number of anilines is 1. The highest BCUT2D eigenvalue weighted by atomic mass is 16.2. The first-order valence-corrected chi connectivity index (χ1v) is 7.60. The van der Waals surface area contributed by atoms with Gasteiger partial charge in [-0.05, 0) is 23.3 Å². The summed E-state index contributed by atoms with van der Waals surface area (Å²) in [5.41, 5.74) is 8.34. The number of piperazine rings is 1. The van der Waals surface area contributed by atoms with Crippen LogP contribution < -0.4 is 5.73 Å². The van der Waals surface area contributed by atoms with Gasteiger partial charge in [0.15, 0.2) is 0 Å². The van der Waals surface area contributed by atoms with Crippen molar-refractivity contribution in [1.82, 2.24) is 9.80 Å². The molecule has 2 N–H and O–H groups in total. The van der Waals surface area contributed by atoms with Gasteiger partial charge in [0.2, 0.25) is 0 Å². The van der Waals surface area contributed by atoms with Gasteiger partial charge in [-0.3, -0.25) is 9.59 Å². The molecule has 2 amide bonds. The molecule has 2 aromatic carbocycles. The maximum Gasteiger partial charge on any atom is 0.312 e. The van der Waals surface area contributed by atoms with E-state index in [2.05, 4.69) is 0 Å². The predicted octanol–water partition coefficient (Wildman–Crippen LogP) is 1.64. The molecule has 1 fully saturated rings. The minimum Gasteiger partial charge on any atom is -0.399 e. The summed E-state index contributed by atoms with van der Waals surface area (Å²) in [5.74, 6) is -0.875. The van der Waals surface area contributed by atoms with Crippen LogP contribution in [0.5, 0.6) is 0 Å². The van der Waals surface area contributed by atoms with Gasteiger partial charge in [-0.15, -0.1) is 0 Å². The number of nitrogens with two attached hydrogens (primary N) is 1. The third-order valence-corrected chi connectivity index (χ3v) is 3.97. The Kier molecular flexibility index (Phi) is 4.28. The lowest BCUT2D eigenvalue weighted by Crippen LogP contribution is -2.53. The van der Waals surface area contributed by atoms with E-state index < -0.39 is 11.8 Å². The average molecular weight is 309 g/mol. The van der Waals surface area contributed by atoms with E-state index in [4.69, 9.17) is 5.73 Å². The highest BCUT2D eigenvalue weighted by Crippen LogP contribution is 2.14. The van der Waals surface area contributed by atoms with E-state index in [1.54, 1.807) is 21.9 Å². The second-order valence-electron chi connectivity index (χ2n) is 5.68. The SMILES string of the molecule is Nc1ccc(CN2CCN(Cc3ccccc3)C(=O)C2=O)cc1. The molecule has 3 rings (SSSR count). The first-order chi connectivity index (χ1) is 11.1. The molecule has 0 bridgehead atoms. The minimum atomic E-state index is -0.441. The smallest absolute Gasteiger partial charge is 0.312 e. The van der Waals surface area contributed by atoms with Crippen LogP contribution in [-0.4, -0.2) is 34.7 Å². The molecule has 5 heteroatoms. The molecule has 118 valence electrons. The molecule has 1 saturated heterocycles. The van der Waals surface area contributed by atoms with Crippen molar-refractivity contribution in [2.24, 2.45) is 0 Å². The number of nitrogen functional groups attached to an aromatic ring is 1. The first-order valence-electron chi connectivity index (χ1n) is 7.60. The third kappa shape index (κ3) is 3.51. The topological polar surface area (TPSA) is 66.6 Å². The van der Waals surface area contributed by atoms with Gasteiger partial charge in [-0.2, -0.15) is 0 Å². The zero-order valence-corrected chi connectivity index (χ0v) is 12.8. The molecular weight excluding hydrogens is 290 g/mol. The molecule has 0 radical (unpaired) electrons. The van der Waals surface area contributed by atoms with Crippen LogP contribution in [-0.2, 0) is 22.7 Å². The van der Waals surface area contributed by atoms with Crippen molar-refractivity contribution in [3.05, 3.63) is 65.7 Å². The fourth-order valence-electron chi connectivity index (χ4n) is 2.66. The van der Waals surface area contributed by atoms with Gasteiger partial charge in [-0.25, -0.2) is 0 Å². The van der Waals surface area contributed by atoms with Crippen LogP contribution in [0.3, 0.4) is 0 Å². The van der Waals surface area contributed by atoms with Gasteiger partial charge in [0.05, 0.1) is 0 Å². The lowest BCUT2D eigenvalue weighted by molar-refractivity contribution is -0.156. The van der Waals surface area contributed by atoms with Gasteiger partial charge >= 0.3 is 11.8 Å². The molecule has 0 spiro atoms. The zero-order chi connectivity index (χ0) is 16.2. The minimum absolute atomic E-state index is 0.435. The fourth-order valence-corrected chi connectivity index (χ4v) is 2.66. The van der Waals surface area contributed by atoms with Gasteiger partial charge < -0.3 is 15.5 Å². The Morgan fingerprint density at radius 1 is 0.739 bits per heavy atom. The van der Waals surface area contributed by atoms with Crippen molar-refractivity contribution < 1.29 is 9.59 Å². The van der Waals surface area contributed by atoms with Crippen LogP contribution in [0.4, 0.5) is 5.69 Å². The van der Waals surface area contributed by atoms with Crippen LogP contribution in [0.25, 0.3) is 0 Å². The zero-order valence-electron chi connectivity index (χ0n) is 12.8. The summed E-state index contributed by atoms with van der Waals surface area (Å²) in [6, 6.07) is 17.1. The summed E-state index contributed by atoms with van der Waals surface area (Å²) >= 11 is 0. The second kappa shape index (κ2) is 6.52. The molecular formula is C18H19N3O2. The van der Waals surface area contributed by atoms with Crippen molar-refractivity contribution >= 4 is 17.5 Å². The van der Waals surface area contributed by atoms with Crippen LogP contribution >= 0.6 is 0 Å². The van der Waals surface area contributed by atoms with Crippen LogP contribution in [0.15, 0.2) is 54.6 Å². The van der Waals surface area contributed by atoms with Gasteiger partial charge in [0.25, 0.3) is 0 Å². The van der Waals surface area contributed by atoms with E-state index in [1.165, 1.54) is 0 Å². The first kappa shape index (κ1) is 15.1. The number of nitrogens with zero attached hydrogens (tertiary/aromatic N) is 2. The highest BCUT2D eigenvalue weighted by Gasteiger charge is 2.32. The second-order valence-corrected chi connectivity index (χ2v) is 5.68. The van der Waals surface area contributed by atoms with Gasteiger partial charge in [0.1, 0.15) is 0 Å². The monoisotopic (exact) mass is 309 g/mol. The summed E-state index contributed by atoms with van der Waals surface area (Å²) in [6.07, 6.45) is 0. The standard InChI is InChI=1S/C18H19N3O2/c19-16-8-6-15(7-9-16)13-21-11-10-20(17(22)18(21)23)12-14-4-2-1-3-5-14/h1-9H,10-13,19H2. The molecule has 1 aliphatic heterocycles. The maximum absolute atomic E-state index is 12.3. The maximum atomic E-state index is 12.3. The summed E-state index contributed by atoms with van der Waals surface area (Å²) < 4.78 is 0. The number of carbonyl (C=O) groups excluding carboxylic acids is 2. The van der Waals surface area contributed by atoms with E-state index in [-0.39, 0.29) is 0 Å². The molecule has 23 heavy (non-hydrogen) atoms. The number of hydrogen-bond acceptors (Lipinski definition) is 3. The van der Waals surface area contributed by atoms with E-state index in [0.29, 0.717) is 31.9 Å². The number of benzene rings is 2. The van der Waals surface area contributed by atoms with Gasteiger partial charge in [0, 0.05) is 31.9 Å².